The molecule has 2 heteroatoms. The molecule has 1 aliphatic heterocycles. The van der Waals surface area contributed by atoms with E-state index in [1.165, 1.54) is 5.56 Å². The van der Waals surface area contributed by atoms with Crippen molar-refractivity contribution in [2.45, 2.75) is 0 Å². The predicted molar refractivity (Wildman–Crippen MR) is 53.7 cm³/mol. The molecule has 0 aliphatic carbocycles. The van der Waals surface area contributed by atoms with Gasteiger partial charge in [0.25, 0.3) is 0 Å². The van der Waals surface area contributed by atoms with Gasteiger partial charge in [0.1, 0.15) is 6.61 Å². The first-order chi connectivity index (χ1) is 6.45. The van der Waals surface area contributed by atoms with Crippen molar-refractivity contribution >= 4 is 12.0 Å². The number of aliphatic imine (C=N–C) groups is 1. The lowest BCUT2D eigenvalue weighted by Gasteiger charge is -1.93. The normalized spacial score (nSPS) is 15.8. The Morgan fingerprint density at radius 2 is 2.00 bits per heavy atom. The van der Waals surface area contributed by atoms with Crippen LogP contribution < -0.4 is 0 Å². The van der Waals surface area contributed by atoms with E-state index in [9.17, 15) is 0 Å². The monoisotopic (exact) mass is 173 g/mol. The highest BCUT2D eigenvalue weighted by Gasteiger charge is 2.01. The molecule has 1 heterocycles. The Bertz CT molecular complexity index is 327. The van der Waals surface area contributed by atoms with Crippen LogP contribution in [0.2, 0.25) is 0 Å². The Balaban J connectivity index is 2.05. The quantitative estimate of drug-likeness (QED) is 0.671. The molecule has 0 aromatic heterocycles. The fourth-order valence-electron chi connectivity index (χ4n) is 1.18. The topological polar surface area (TPSA) is 21.6 Å². The molecule has 1 aromatic carbocycles. The van der Waals surface area contributed by atoms with Crippen molar-refractivity contribution in [3.05, 3.63) is 42.0 Å². The first-order valence-corrected chi connectivity index (χ1v) is 4.35. The molecule has 0 bridgehead atoms. The summed E-state index contributed by atoms with van der Waals surface area (Å²) in [5.41, 5.74) is 1.17. The third kappa shape index (κ3) is 2.18. The van der Waals surface area contributed by atoms with Gasteiger partial charge >= 0.3 is 0 Å². The number of hydrogen-bond donors (Lipinski definition) is 0. The van der Waals surface area contributed by atoms with E-state index in [0.29, 0.717) is 6.61 Å². The Labute approximate surface area is 77.6 Å². The van der Waals surface area contributed by atoms with Gasteiger partial charge in [-0.15, -0.1) is 0 Å². The van der Waals surface area contributed by atoms with Gasteiger partial charge in [0, 0.05) is 6.08 Å². The first-order valence-electron chi connectivity index (χ1n) is 4.35. The molecule has 0 N–H and O–H groups in total. The molecule has 0 amide bonds. The van der Waals surface area contributed by atoms with Crippen LogP contribution in [0.1, 0.15) is 5.56 Å². The van der Waals surface area contributed by atoms with Crippen molar-refractivity contribution in [2.75, 3.05) is 13.2 Å². The number of nitrogens with zero attached hydrogens (tertiary/aromatic N) is 1. The molecule has 1 aromatic rings. The lowest BCUT2D eigenvalue weighted by Crippen LogP contribution is -1.92. The molecule has 0 unspecified atom stereocenters. The summed E-state index contributed by atoms with van der Waals surface area (Å²) >= 11 is 0. The van der Waals surface area contributed by atoms with Crippen LogP contribution in [0, 0.1) is 0 Å². The van der Waals surface area contributed by atoms with Crippen LogP contribution in [-0.4, -0.2) is 19.0 Å². The molecule has 0 radical (unpaired) electrons. The average molecular weight is 173 g/mol. The van der Waals surface area contributed by atoms with E-state index in [1.807, 2.05) is 42.5 Å². The van der Waals surface area contributed by atoms with E-state index in [2.05, 4.69) is 4.99 Å². The second-order valence-electron chi connectivity index (χ2n) is 2.81. The summed E-state index contributed by atoms with van der Waals surface area (Å²) in [7, 11) is 0. The minimum absolute atomic E-state index is 0.717. The van der Waals surface area contributed by atoms with Crippen molar-refractivity contribution in [3.63, 3.8) is 0 Å². The number of ether oxygens (including phenoxy) is 1. The maximum absolute atomic E-state index is 5.24. The molecule has 0 spiro atoms. The number of rotatable bonds is 2. The zero-order chi connectivity index (χ0) is 8.93. The van der Waals surface area contributed by atoms with Gasteiger partial charge in [-0.3, -0.25) is 0 Å². The first kappa shape index (κ1) is 8.05. The maximum Gasteiger partial charge on any atom is 0.208 e. The highest BCUT2D eigenvalue weighted by molar-refractivity contribution is 5.92. The summed E-state index contributed by atoms with van der Waals surface area (Å²) in [6, 6.07) is 10.1. The van der Waals surface area contributed by atoms with E-state index in [0.717, 1.165) is 12.4 Å². The standard InChI is InChI=1S/C11H11NO/c1-2-4-10(5-3-1)6-7-11-12-8-9-13-11/h1-7H,8-9H2. The zero-order valence-electron chi connectivity index (χ0n) is 7.31. The Morgan fingerprint density at radius 3 is 2.69 bits per heavy atom. The minimum Gasteiger partial charge on any atom is -0.476 e. The van der Waals surface area contributed by atoms with Crippen molar-refractivity contribution in [1.29, 1.82) is 0 Å². The summed E-state index contributed by atoms with van der Waals surface area (Å²) in [4.78, 5) is 4.16. The summed E-state index contributed by atoms with van der Waals surface area (Å²) in [5.74, 6) is 0.740. The van der Waals surface area contributed by atoms with E-state index < -0.39 is 0 Å². The minimum atomic E-state index is 0.717. The lowest BCUT2D eigenvalue weighted by molar-refractivity contribution is 0.350. The zero-order valence-corrected chi connectivity index (χ0v) is 7.31. The predicted octanol–water partition coefficient (Wildman–Crippen LogP) is 2.13. The lowest BCUT2D eigenvalue weighted by atomic mass is 10.2. The fourth-order valence-corrected chi connectivity index (χ4v) is 1.18. The molecular formula is C11H11NO. The molecule has 0 atom stereocenters. The molecule has 0 saturated heterocycles. The highest BCUT2D eigenvalue weighted by atomic mass is 16.5. The second kappa shape index (κ2) is 3.90. The fraction of sp³-hybridized carbons (Fsp3) is 0.182. The van der Waals surface area contributed by atoms with Crippen molar-refractivity contribution in [1.82, 2.24) is 0 Å². The van der Waals surface area contributed by atoms with Crippen LogP contribution in [0.15, 0.2) is 41.4 Å². The second-order valence-corrected chi connectivity index (χ2v) is 2.81. The summed E-state index contributed by atoms with van der Waals surface area (Å²) < 4.78 is 5.24. The van der Waals surface area contributed by atoms with E-state index in [4.69, 9.17) is 4.74 Å². The third-order valence-electron chi connectivity index (χ3n) is 1.83. The van der Waals surface area contributed by atoms with Gasteiger partial charge in [-0.25, -0.2) is 4.99 Å². The molecule has 2 rings (SSSR count). The van der Waals surface area contributed by atoms with Crippen LogP contribution in [0.4, 0.5) is 0 Å². The average Bonchev–Trinajstić information content (AvgIpc) is 2.69. The Kier molecular flexibility index (Phi) is 2.41. The molecule has 66 valence electrons. The van der Waals surface area contributed by atoms with Crippen molar-refractivity contribution < 1.29 is 4.74 Å². The van der Waals surface area contributed by atoms with Gasteiger partial charge in [-0.2, -0.15) is 0 Å². The van der Waals surface area contributed by atoms with Crippen molar-refractivity contribution in [3.8, 4) is 0 Å². The van der Waals surface area contributed by atoms with Crippen LogP contribution >= 0.6 is 0 Å². The smallest absolute Gasteiger partial charge is 0.208 e. The Morgan fingerprint density at radius 1 is 1.15 bits per heavy atom. The van der Waals surface area contributed by atoms with Crippen LogP contribution in [0.3, 0.4) is 0 Å². The van der Waals surface area contributed by atoms with Gasteiger partial charge in [0.05, 0.1) is 6.54 Å². The van der Waals surface area contributed by atoms with Crippen LogP contribution in [0.5, 0.6) is 0 Å². The highest BCUT2D eigenvalue weighted by Crippen LogP contribution is 2.03. The van der Waals surface area contributed by atoms with E-state index in [-0.39, 0.29) is 0 Å². The van der Waals surface area contributed by atoms with Gasteiger partial charge in [0.15, 0.2) is 0 Å². The summed E-state index contributed by atoms with van der Waals surface area (Å²) in [5, 5.41) is 0. The van der Waals surface area contributed by atoms with Crippen LogP contribution in [0.25, 0.3) is 6.08 Å². The van der Waals surface area contributed by atoms with Crippen molar-refractivity contribution in [2.24, 2.45) is 4.99 Å². The maximum atomic E-state index is 5.24. The third-order valence-corrected chi connectivity index (χ3v) is 1.83. The molecular weight excluding hydrogens is 162 g/mol. The molecule has 2 nitrogen and oxygen atoms in total. The molecule has 0 fully saturated rings. The Hall–Kier alpha value is -1.57. The van der Waals surface area contributed by atoms with Gasteiger partial charge < -0.3 is 4.74 Å². The largest absolute Gasteiger partial charge is 0.476 e. The van der Waals surface area contributed by atoms with Crippen LogP contribution in [-0.2, 0) is 4.74 Å². The SMILES string of the molecule is C(=Cc1ccccc1)C1=NCCO1. The van der Waals surface area contributed by atoms with E-state index in [1.54, 1.807) is 0 Å². The molecule has 1 aliphatic rings. The van der Waals surface area contributed by atoms with Gasteiger partial charge in [-0.1, -0.05) is 30.3 Å². The molecule has 13 heavy (non-hydrogen) atoms. The van der Waals surface area contributed by atoms with E-state index >= 15 is 0 Å². The summed E-state index contributed by atoms with van der Waals surface area (Å²) in [6.07, 6.45) is 3.91. The number of hydrogen-bond acceptors (Lipinski definition) is 2. The summed E-state index contributed by atoms with van der Waals surface area (Å²) in [6.45, 7) is 1.50. The molecule has 0 saturated carbocycles. The number of benzene rings is 1. The van der Waals surface area contributed by atoms with Gasteiger partial charge in [-0.05, 0) is 11.6 Å². The van der Waals surface area contributed by atoms with Gasteiger partial charge in [0.2, 0.25) is 5.90 Å².